The van der Waals surface area contributed by atoms with Gasteiger partial charge in [0.25, 0.3) is 0 Å². The Kier molecular flexibility index (Phi) is 9.56. The van der Waals surface area contributed by atoms with Crippen molar-refractivity contribution in [2.24, 2.45) is 5.92 Å². The minimum Gasteiger partial charge on any atom is -0.489 e. The van der Waals surface area contributed by atoms with E-state index in [0.29, 0.717) is 18.6 Å². The monoisotopic (exact) mass is 488 g/mol. The molecule has 4 rings (SSSR count). The maximum absolute atomic E-state index is 6.04. The maximum Gasteiger partial charge on any atom is 0.119 e. The summed E-state index contributed by atoms with van der Waals surface area (Å²) in [4.78, 5) is 6.63. The van der Waals surface area contributed by atoms with E-state index in [0.717, 1.165) is 25.4 Å². The van der Waals surface area contributed by atoms with Crippen LogP contribution in [0.25, 0.3) is 0 Å². The number of hydrogen-bond acceptors (Lipinski definition) is 4. The van der Waals surface area contributed by atoms with E-state index in [1.807, 2.05) is 6.07 Å². The molecule has 0 N–H and O–H groups in total. The van der Waals surface area contributed by atoms with Gasteiger partial charge in [-0.05, 0) is 85.5 Å². The molecule has 3 aromatic carbocycles. The lowest BCUT2D eigenvalue weighted by Gasteiger charge is -2.41. The van der Waals surface area contributed by atoms with Crippen molar-refractivity contribution in [2.45, 2.75) is 57.2 Å². The van der Waals surface area contributed by atoms with Gasteiger partial charge in [-0.2, -0.15) is 0 Å². The molecule has 35 heavy (non-hydrogen) atoms. The maximum atomic E-state index is 6.04. The molecule has 0 saturated carbocycles. The highest BCUT2D eigenvalue weighted by Gasteiger charge is 2.26. The van der Waals surface area contributed by atoms with Crippen LogP contribution >= 0.6 is 11.8 Å². The van der Waals surface area contributed by atoms with E-state index in [2.05, 4.69) is 103 Å². The Morgan fingerprint density at radius 1 is 0.943 bits per heavy atom. The van der Waals surface area contributed by atoms with E-state index >= 15 is 0 Å². The van der Waals surface area contributed by atoms with Crippen molar-refractivity contribution in [3.8, 4) is 5.75 Å². The Morgan fingerprint density at radius 3 is 2.37 bits per heavy atom. The smallest absolute Gasteiger partial charge is 0.119 e. The van der Waals surface area contributed by atoms with Crippen LogP contribution in [0, 0.1) is 5.92 Å². The first kappa shape index (κ1) is 25.7. The molecule has 1 saturated heterocycles. The van der Waals surface area contributed by atoms with Crippen molar-refractivity contribution in [1.29, 1.82) is 0 Å². The van der Waals surface area contributed by atoms with Gasteiger partial charge >= 0.3 is 0 Å². The van der Waals surface area contributed by atoms with E-state index < -0.39 is 0 Å². The van der Waals surface area contributed by atoms with Gasteiger partial charge in [0.15, 0.2) is 0 Å². The molecule has 0 bridgehead atoms. The number of ether oxygens (including phenoxy) is 1. The van der Waals surface area contributed by atoms with Gasteiger partial charge in [-0.15, -0.1) is 11.8 Å². The summed E-state index contributed by atoms with van der Waals surface area (Å²) in [7, 11) is 0. The van der Waals surface area contributed by atoms with Crippen LogP contribution < -0.4 is 9.64 Å². The van der Waals surface area contributed by atoms with Crippen LogP contribution in [0.4, 0.5) is 5.69 Å². The molecule has 1 heterocycles. The third-order valence-corrected chi connectivity index (χ3v) is 7.59. The molecule has 4 heteroatoms. The summed E-state index contributed by atoms with van der Waals surface area (Å²) in [5, 5.41) is 0. The van der Waals surface area contributed by atoms with Crippen molar-refractivity contribution >= 4 is 17.4 Å². The highest BCUT2D eigenvalue weighted by molar-refractivity contribution is 7.98. The summed E-state index contributed by atoms with van der Waals surface area (Å²) in [5.41, 5.74) is 3.92. The Labute approximate surface area is 216 Å². The number of hydrogen-bond donors (Lipinski definition) is 0. The highest BCUT2D eigenvalue weighted by Crippen LogP contribution is 2.27. The second kappa shape index (κ2) is 13.0. The minimum absolute atomic E-state index is 0.545. The summed E-state index contributed by atoms with van der Waals surface area (Å²) < 4.78 is 6.04. The van der Waals surface area contributed by atoms with Crippen LogP contribution in [0.1, 0.15) is 44.2 Å². The van der Waals surface area contributed by atoms with E-state index in [1.165, 1.54) is 47.5 Å². The average molecular weight is 489 g/mol. The first-order chi connectivity index (χ1) is 17.1. The van der Waals surface area contributed by atoms with Crippen molar-refractivity contribution in [3.63, 3.8) is 0 Å². The van der Waals surface area contributed by atoms with Crippen molar-refractivity contribution in [1.82, 2.24) is 4.90 Å². The normalized spacial score (nSPS) is 16.4. The van der Waals surface area contributed by atoms with E-state index in [4.69, 9.17) is 4.74 Å². The lowest BCUT2D eigenvalue weighted by Crippen LogP contribution is -2.48. The van der Waals surface area contributed by atoms with Gasteiger partial charge in [0.1, 0.15) is 12.4 Å². The highest BCUT2D eigenvalue weighted by atomic mass is 32.2. The topological polar surface area (TPSA) is 15.7 Å². The van der Waals surface area contributed by atoms with Crippen LogP contribution in [0.5, 0.6) is 5.75 Å². The van der Waals surface area contributed by atoms with E-state index in [1.54, 1.807) is 11.8 Å². The number of likely N-dealkylation sites (tertiary alicyclic amines) is 1. The molecule has 1 aliphatic rings. The molecule has 1 atom stereocenters. The van der Waals surface area contributed by atoms with Crippen LogP contribution in [0.2, 0.25) is 0 Å². The molecule has 3 nitrogen and oxygen atoms in total. The summed E-state index contributed by atoms with van der Waals surface area (Å²) in [6.07, 6.45) is 5.85. The number of rotatable bonds is 11. The molecule has 1 fully saturated rings. The molecular formula is C31H40N2OS. The molecule has 3 aromatic rings. The first-order valence-electron chi connectivity index (χ1n) is 13.0. The molecule has 1 aliphatic heterocycles. The Hall–Kier alpha value is -2.43. The van der Waals surface area contributed by atoms with E-state index in [9.17, 15) is 0 Å². The third-order valence-electron chi connectivity index (χ3n) is 6.85. The largest absolute Gasteiger partial charge is 0.489 e. The second-order valence-electron chi connectivity index (χ2n) is 10.0. The Bertz CT molecular complexity index is 1000. The number of anilines is 1. The molecule has 0 radical (unpaired) electrons. The third kappa shape index (κ3) is 7.78. The zero-order valence-corrected chi connectivity index (χ0v) is 22.3. The molecule has 1 unspecified atom stereocenters. The quantitative estimate of drug-likeness (QED) is 0.259. The average Bonchev–Trinajstić information content (AvgIpc) is 2.89. The predicted octanol–water partition coefficient (Wildman–Crippen LogP) is 7.50. The van der Waals surface area contributed by atoms with Gasteiger partial charge in [0.2, 0.25) is 0 Å². The SMILES string of the molecule is CSc1ccc(CN2CCCC(N(CCC(C)C)c3ccc(OCc4ccccc4)cc3)C2)cc1. The predicted molar refractivity (Wildman–Crippen MR) is 151 cm³/mol. The summed E-state index contributed by atoms with van der Waals surface area (Å²) >= 11 is 1.81. The number of thioether (sulfide) groups is 1. The molecular weight excluding hydrogens is 448 g/mol. The van der Waals surface area contributed by atoms with Crippen molar-refractivity contribution in [2.75, 3.05) is 30.8 Å². The fourth-order valence-corrected chi connectivity index (χ4v) is 5.22. The van der Waals surface area contributed by atoms with Gasteiger partial charge in [-0.3, -0.25) is 4.90 Å². The van der Waals surface area contributed by atoms with Crippen LogP contribution in [0.3, 0.4) is 0 Å². The standard InChI is InChI=1S/C31H40N2OS/c1-25(2)19-21-33(28-13-15-30(16-14-28)34-24-27-8-5-4-6-9-27)29-10-7-20-32(23-29)22-26-11-17-31(35-3)18-12-26/h4-6,8-9,11-18,25,29H,7,10,19-24H2,1-3H3. The molecule has 186 valence electrons. The molecule has 0 aromatic heterocycles. The van der Waals surface area contributed by atoms with E-state index in [-0.39, 0.29) is 0 Å². The lowest BCUT2D eigenvalue weighted by atomic mass is 10.0. The zero-order chi connectivity index (χ0) is 24.5. The van der Waals surface area contributed by atoms with Gasteiger partial charge in [0, 0.05) is 36.3 Å². The second-order valence-corrected chi connectivity index (χ2v) is 10.9. The lowest BCUT2D eigenvalue weighted by molar-refractivity contribution is 0.195. The molecule has 0 spiro atoms. The van der Waals surface area contributed by atoms with Gasteiger partial charge in [-0.1, -0.05) is 56.3 Å². The van der Waals surface area contributed by atoms with Gasteiger partial charge in [0.05, 0.1) is 0 Å². The zero-order valence-electron chi connectivity index (χ0n) is 21.5. The number of piperidine rings is 1. The van der Waals surface area contributed by atoms with Crippen LogP contribution in [-0.4, -0.2) is 36.8 Å². The Morgan fingerprint density at radius 2 is 1.69 bits per heavy atom. The van der Waals surface area contributed by atoms with Gasteiger partial charge < -0.3 is 9.64 Å². The summed E-state index contributed by atoms with van der Waals surface area (Å²) in [5.74, 6) is 1.63. The van der Waals surface area contributed by atoms with Gasteiger partial charge in [-0.25, -0.2) is 0 Å². The molecule has 0 aliphatic carbocycles. The van der Waals surface area contributed by atoms with Crippen LogP contribution in [0.15, 0.2) is 83.8 Å². The van der Waals surface area contributed by atoms with Crippen molar-refractivity contribution in [3.05, 3.63) is 90.0 Å². The minimum atomic E-state index is 0.545. The van der Waals surface area contributed by atoms with Crippen molar-refractivity contribution < 1.29 is 4.74 Å². The fourth-order valence-electron chi connectivity index (χ4n) is 4.81. The fraction of sp³-hybridized carbons (Fsp3) is 0.419. The summed E-state index contributed by atoms with van der Waals surface area (Å²) in [6.45, 7) is 9.69. The number of nitrogens with zero attached hydrogens (tertiary/aromatic N) is 2. The van der Waals surface area contributed by atoms with Crippen LogP contribution in [-0.2, 0) is 13.2 Å². The first-order valence-corrected chi connectivity index (χ1v) is 14.2. The Balaban J connectivity index is 1.41. The number of benzene rings is 3. The molecule has 0 amide bonds. The summed E-state index contributed by atoms with van der Waals surface area (Å²) in [6, 6.07) is 28.8.